The van der Waals surface area contributed by atoms with Crippen molar-refractivity contribution < 1.29 is 19.4 Å². The van der Waals surface area contributed by atoms with Crippen LogP contribution in [-0.2, 0) is 0 Å². The molecular weight excluding hydrogens is 296 g/mol. The van der Waals surface area contributed by atoms with Gasteiger partial charge in [-0.3, -0.25) is 4.79 Å². The van der Waals surface area contributed by atoms with Gasteiger partial charge in [0, 0.05) is 12.0 Å². The Morgan fingerprint density at radius 1 is 1.22 bits per heavy atom. The third kappa shape index (κ3) is 3.01. The van der Waals surface area contributed by atoms with Crippen molar-refractivity contribution in [1.29, 1.82) is 0 Å². The Hall–Kier alpha value is -2.89. The third-order valence-corrected chi connectivity index (χ3v) is 3.78. The Morgan fingerprint density at radius 3 is 2.74 bits per heavy atom. The zero-order chi connectivity index (χ0) is 16.4. The van der Waals surface area contributed by atoms with Crippen LogP contribution >= 0.6 is 0 Å². The fourth-order valence-electron chi connectivity index (χ4n) is 2.64. The lowest BCUT2D eigenvalue weighted by atomic mass is 9.98. The van der Waals surface area contributed by atoms with Crippen molar-refractivity contribution >= 4 is 11.9 Å². The van der Waals surface area contributed by atoms with Crippen LogP contribution in [0.15, 0.2) is 36.4 Å². The predicted octanol–water partition coefficient (Wildman–Crippen LogP) is 2.34. The van der Waals surface area contributed by atoms with Crippen molar-refractivity contribution in [3.63, 3.8) is 0 Å². The van der Waals surface area contributed by atoms with Gasteiger partial charge in [-0.1, -0.05) is 24.3 Å². The normalized spacial score (nSPS) is 16.1. The molecule has 0 unspecified atom stereocenters. The molecule has 0 fully saturated rings. The number of carbonyl (C=O) groups excluding carboxylic acids is 1. The molecule has 6 heteroatoms. The van der Waals surface area contributed by atoms with E-state index in [1.165, 1.54) is 18.2 Å². The molecule has 1 aliphatic heterocycles. The number of amides is 1. The average Bonchev–Trinajstić information content (AvgIpc) is 2.56. The van der Waals surface area contributed by atoms with Crippen molar-refractivity contribution in [2.75, 3.05) is 6.61 Å². The van der Waals surface area contributed by atoms with Gasteiger partial charge in [0.2, 0.25) is 0 Å². The highest BCUT2D eigenvalue weighted by molar-refractivity contribution is 5.94. The maximum Gasteiger partial charge on any atom is 0.354 e. The van der Waals surface area contributed by atoms with Gasteiger partial charge in [0.1, 0.15) is 17.1 Å². The van der Waals surface area contributed by atoms with Crippen molar-refractivity contribution in [3.8, 4) is 5.75 Å². The highest BCUT2D eigenvalue weighted by Gasteiger charge is 2.25. The number of rotatable bonds is 3. The largest absolute Gasteiger partial charge is 0.493 e. The number of nitrogens with zero attached hydrogens (tertiary/aromatic N) is 1. The maximum absolute atomic E-state index is 12.4. The van der Waals surface area contributed by atoms with Gasteiger partial charge in [0.25, 0.3) is 5.91 Å². The van der Waals surface area contributed by atoms with Crippen LogP contribution in [0, 0.1) is 6.92 Å². The van der Waals surface area contributed by atoms with E-state index in [-0.39, 0.29) is 17.4 Å². The van der Waals surface area contributed by atoms with Crippen LogP contribution in [0.2, 0.25) is 0 Å². The summed E-state index contributed by atoms with van der Waals surface area (Å²) in [6.45, 7) is 2.48. The third-order valence-electron chi connectivity index (χ3n) is 3.78. The molecule has 1 aromatic carbocycles. The molecule has 0 saturated carbocycles. The first-order valence-corrected chi connectivity index (χ1v) is 7.30. The molecule has 2 N–H and O–H groups in total. The number of aromatic carboxylic acids is 1. The predicted molar refractivity (Wildman–Crippen MR) is 82.7 cm³/mol. The Labute approximate surface area is 133 Å². The fraction of sp³-hybridized carbons (Fsp3) is 0.235. The zero-order valence-electron chi connectivity index (χ0n) is 12.6. The fourth-order valence-corrected chi connectivity index (χ4v) is 2.64. The summed E-state index contributed by atoms with van der Waals surface area (Å²) in [6, 6.07) is 9.99. The summed E-state index contributed by atoms with van der Waals surface area (Å²) in [6.07, 6.45) is 0.654. The molecule has 1 amide bonds. The second-order valence-electron chi connectivity index (χ2n) is 5.37. The van der Waals surface area contributed by atoms with Crippen LogP contribution in [0.5, 0.6) is 5.75 Å². The van der Waals surface area contributed by atoms with Crippen molar-refractivity contribution in [1.82, 2.24) is 10.3 Å². The highest BCUT2D eigenvalue weighted by Crippen LogP contribution is 2.34. The van der Waals surface area contributed by atoms with E-state index in [4.69, 9.17) is 9.84 Å². The van der Waals surface area contributed by atoms with E-state index in [1.807, 2.05) is 25.1 Å². The number of fused-ring (bicyclic) bond motifs is 1. The molecule has 3 rings (SSSR count). The molecule has 0 aliphatic carbocycles. The van der Waals surface area contributed by atoms with Crippen molar-refractivity contribution in [2.45, 2.75) is 19.4 Å². The number of para-hydroxylation sites is 1. The summed E-state index contributed by atoms with van der Waals surface area (Å²) >= 11 is 0. The van der Waals surface area contributed by atoms with Crippen LogP contribution < -0.4 is 10.1 Å². The van der Waals surface area contributed by atoms with Gasteiger partial charge in [-0.05, 0) is 24.6 Å². The number of pyridine rings is 1. The number of ether oxygens (including phenoxy) is 1. The summed E-state index contributed by atoms with van der Waals surface area (Å²) < 4.78 is 5.68. The van der Waals surface area contributed by atoms with Gasteiger partial charge in [0.05, 0.1) is 12.6 Å². The molecule has 0 bridgehead atoms. The van der Waals surface area contributed by atoms with Crippen LogP contribution in [-0.4, -0.2) is 28.6 Å². The Bertz CT molecular complexity index is 773. The first kappa shape index (κ1) is 15.0. The number of hydrogen-bond donors (Lipinski definition) is 2. The van der Waals surface area contributed by atoms with Gasteiger partial charge in [-0.25, -0.2) is 9.78 Å². The SMILES string of the molecule is Cc1cccc2c1OCC[C@H]2NC(=O)c1cccc(C(=O)O)n1. The van der Waals surface area contributed by atoms with E-state index in [2.05, 4.69) is 10.3 Å². The quantitative estimate of drug-likeness (QED) is 0.908. The lowest BCUT2D eigenvalue weighted by molar-refractivity contribution is 0.0690. The van der Waals surface area contributed by atoms with Crippen LogP contribution in [0.3, 0.4) is 0 Å². The lowest BCUT2D eigenvalue weighted by Gasteiger charge is -2.27. The van der Waals surface area contributed by atoms with Crippen LogP contribution in [0.4, 0.5) is 0 Å². The molecule has 1 atom stereocenters. The first-order valence-electron chi connectivity index (χ1n) is 7.30. The van der Waals surface area contributed by atoms with Gasteiger partial charge in [-0.15, -0.1) is 0 Å². The molecule has 1 aliphatic rings. The summed E-state index contributed by atoms with van der Waals surface area (Å²) in [4.78, 5) is 27.2. The molecule has 0 spiro atoms. The van der Waals surface area contributed by atoms with E-state index in [1.54, 1.807) is 0 Å². The second-order valence-corrected chi connectivity index (χ2v) is 5.37. The smallest absolute Gasteiger partial charge is 0.354 e. The van der Waals surface area contributed by atoms with Crippen molar-refractivity contribution in [2.24, 2.45) is 0 Å². The highest BCUT2D eigenvalue weighted by atomic mass is 16.5. The number of carbonyl (C=O) groups is 2. The Balaban J connectivity index is 1.83. The molecule has 6 nitrogen and oxygen atoms in total. The van der Waals surface area contributed by atoms with E-state index in [9.17, 15) is 9.59 Å². The monoisotopic (exact) mass is 312 g/mol. The number of carboxylic acid groups (broad SMARTS) is 1. The van der Waals surface area contributed by atoms with E-state index in [0.717, 1.165) is 16.9 Å². The lowest BCUT2D eigenvalue weighted by Crippen LogP contribution is -2.33. The minimum absolute atomic E-state index is 0.0885. The number of hydrogen-bond acceptors (Lipinski definition) is 4. The molecular formula is C17H16N2O4. The first-order chi connectivity index (χ1) is 11.1. The number of benzene rings is 1. The standard InChI is InChI=1S/C17H16N2O4/c1-10-4-2-5-11-12(8-9-23-15(10)11)19-16(20)13-6-3-7-14(18-13)17(21)22/h2-7,12H,8-9H2,1H3,(H,19,20)(H,21,22)/t12-/m1/s1. The topological polar surface area (TPSA) is 88.5 Å². The Morgan fingerprint density at radius 2 is 1.96 bits per heavy atom. The molecule has 2 heterocycles. The number of aromatic nitrogens is 1. The number of aryl methyl sites for hydroxylation is 1. The average molecular weight is 312 g/mol. The maximum atomic E-state index is 12.4. The Kier molecular flexibility index (Phi) is 3.97. The van der Waals surface area contributed by atoms with E-state index in [0.29, 0.717) is 13.0 Å². The minimum atomic E-state index is -1.16. The van der Waals surface area contributed by atoms with Gasteiger partial charge < -0.3 is 15.2 Å². The molecule has 1 aromatic heterocycles. The van der Waals surface area contributed by atoms with Crippen LogP contribution in [0.1, 0.15) is 44.6 Å². The van der Waals surface area contributed by atoms with Crippen molar-refractivity contribution in [3.05, 3.63) is 58.9 Å². The zero-order valence-corrected chi connectivity index (χ0v) is 12.6. The van der Waals surface area contributed by atoms with Gasteiger partial charge in [0.15, 0.2) is 0 Å². The number of carboxylic acids is 1. The number of nitrogens with one attached hydrogen (secondary N) is 1. The molecule has 2 aromatic rings. The summed E-state index contributed by atoms with van der Waals surface area (Å²) in [7, 11) is 0. The summed E-state index contributed by atoms with van der Waals surface area (Å²) in [5.41, 5.74) is 1.89. The molecule has 0 saturated heterocycles. The molecule has 118 valence electrons. The summed E-state index contributed by atoms with van der Waals surface area (Å²) in [5.74, 6) is -0.754. The second kappa shape index (κ2) is 6.08. The molecule has 23 heavy (non-hydrogen) atoms. The van der Waals surface area contributed by atoms with Gasteiger partial charge in [-0.2, -0.15) is 0 Å². The van der Waals surface area contributed by atoms with Crippen LogP contribution in [0.25, 0.3) is 0 Å². The van der Waals surface area contributed by atoms with E-state index < -0.39 is 11.9 Å². The van der Waals surface area contributed by atoms with E-state index >= 15 is 0 Å². The van der Waals surface area contributed by atoms with Gasteiger partial charge >= 0.3 is 5.97 Å². The summed E-state index contributed by atoms with van der Waals surface area (Å²) in [5, 5.41) is 11.9. The molecule has 0 radical (unpaired) electrons. The minimum Gasteiger partial charge on any atom is -0.493 e.